The van der Waals surface area contributed by atoms with E-state index in [2.05, 4.69) is 59.3 Å². The van der Waals surface area contributed by atoms with E-state index in [4.69, 9.17) is 9.40 Å². The summed E-state index contributed by atoms with van der Waals surface area (Å²) in [6.07, 6.45) is 4.62. The van der Waals surface area contributed by atoms with Crippen LogP contribution in [-0.2, 0) is 13.0 Å². The zero-order valence-corrected chi connectivity index (χ0v) is 14.8. The molecule has 0 saturated heterocycles. The van der Waals surface area contributed by atoms with Crippen molar-refractivity contribution in [3.63, 3.8) is 0 Å². The number of nitrogens with zero attached hydrogens (tertiary/aromatic N) is 2. The number of fused-ring (bicyclic) bond motifs is 3. The van der Waals surface area contributed by atoms with E-state index in [0.717, 1.165) is 30.9 Å². The molecule has 1 N–H and O–H groups in total. The predicted octanol–water partition coefficient (Wildman–Crippen LogP) is 4.61. The number of rotatable bonds is 3. The summed E-state index contributed by atoms with van der Waals surface area (Å²) >= 11 is 0. The number of H-pyrrole nitrogens is 1. The van der Waals surface area contributed by atoms with Gasteiger partial charge < -0.3 is 9.40 Å². The summed E-state index contributed by atoms with van der Waals surface area (Å²) in [6, 6.07) is 17.1. The van der Waals surface area contributed by atoms with Crippen molar-refractivity contribution in [1.29, 1.82) is 0 Å². The van der Waals surface area contributed by atoms with Gasteiger partial charge in [0.15, 0.2) is 0 Å². The van der Waals surface area contributed by atoms with Crippen molar-refractivity contribution < 1.29 is 4.42 Å². The monoisotopic (exact) mass is 343 g/mol. The number of pyridine rings is 1. The first-order valence-electron chi connectivity index (χ1n) is 9.08. The quantitative estimate of drug-likeness (QED) is 0.591. The first kappa shape index (κ1) is 15.4. The van der Waals surface area contributed by atoms with E-state index < -0.39 is 0 Å². The number of furan rings is 1. The average molecular weight is 343 g/mol. The number of hydrogen-bond donors (Lipinski definition) is 1. The molecule has 3 aromatic heterocycles. The summed E-state index contributed by atoms with van der Waals surface area (Å²) < 4.78 is 5.28. The fraction of sp³-hybridized carbons (Fsp3) is 0.227. The third kappa shape index (κ3) is 2.54. The number of benzene rings is 1. The molecule has 26 heavy (non-hydrogen) atoms. The lowest BCUT2D eigenvalue weighted by atomic mass is 9.94. The molecule has 130 valence electrons. The highest BCUT2D eigenvalue weighted by molar-refractivity contribution is 5.85. The number of aryl methyl sites for hydroxylation is 1. The molecule has 0 aliphatic carbocycles. The van der Waals surface area contributed by atoms with Crippen LogP contribution in [0.2, 0.25) is 0 Å². The summed E-state index contributed by atoms with van der Waals surface area (Å²) in [5.74, 6) is 0. The van der Waals surface area contributed by atoms with Gasteiger partial charge in [0.05, 0.1) is 24.3 Å². The molecular formula is C22H21N3O. The smallest absolute Gasteiger partial charge is 0.0947 e. The lowest BCUT2D eigenvalue weighted by molar-refractivity contribution is 0.198. The van der Waals surface area contributed by atoms with Gasteiger partial charge in [0.25, 0.3) is 0 Å². The van der Waals surface area contributed by atoms with Crippen LogP contribution in [0.25, 0.3) is 10.9 Å². The Bertz CT molecular complexity index is 1050. The number of aromatic nitrogens is 2. The first-order valence-corrected chi connectivity index (χ1v) is 9.08. The molecule has 1 aliphatic rings. The molecule has 0 bridgehead atoms. The van der Waals surface area contributed by atoms with E-state index in [1.54, 1.807) is 6.26 Å². The van der Waals surface area contributed by atoms with E-state index in [0.29, 0.717) is 0 Å². The molecule has 1 aromatic carbocycles. The van der Waals surface area contributed by atoms with Gasteiger partial charge in [0.2, 0.25) is 0 Å². The third-order valence-electron chi connectivity index (χ3n) is 5.29. The Hall–Kier alpha value is -2.85. The molecule has 1 unspecified atom stereocenters. The molecule has 0 saturated carbocycles. The number of nitrogens with one attached hydrogen (secondary N) is 1. The van der Waals surface area contributed by atoms with Crippen LogP contribution in [0.3, 0.4) is 0 Å². The van der Waals surface area contributed by atoms with Gasteiger partial charge in [0.1, 0.15) is 0 Å². The van der Waals surface area contributed by atoms with Crippen LogP contribution < -0.4 is 0 Å². The predicted molar refractivity (Wildman–Crippen MR) is 102 cm³/mol. The van der Waals surface area contributed by atoms with E-state index >= 15 is 0 Å². The van der Waals surface area contributed by atoms with Crippen molar-refractivity contribution in [2.24, 2.45) is 0 Å². The zero-order chi connectivity index (χ0) is 17.5. The minimum Gasteiger partial charge on any atom is -0.472 e. The van der Waals surface area contributed by atoms with Gasteiger partial charge in [-0.3, -0.25) is 9.88 Å². The number of aromatic amines is 1. The van der Waals surface area contributed by atoms with Gasteiger partial charge >= 0.3 is 0 Å². The van der Waals surface area contributed by atoms with Crippen molar-refractivity contribution >= 4 is 10.9 Å². The van der Waals surface area contributed by atoms with Crippen molar-refractivity contribution in [1.82, 2.24) is 14.9 Å². The van der Waals surface area contributed by atoms with Crippen LogP contribution in [0, 0.1) is 6.92 Å². The van der Waals surface area contributed by atoms with Crippen LogP contribution in [0.1, 0.15) is 34.3 Å². The van der Waals surface area contributed by atoms with Crippen molar-refractivity contribution in [2.75, 3.05) is 6.54 Å². The average Bonchev–Trinajstić information content (AvgIpc) is 3.28. The fourth-order valence-corrected chi connectivity index (χ4v) is 4.13. The van der Waals surface area contributed by atoms with E-state index in [-0.39, 0.29) is 6.04 Å². The maximum Gasteiger partial charge on any atom is 0.0947 e. The highest BCUT2D eigenvalue weighted by Crippen LogP contribution is 2.38. The van der Waals surface area contributed by atoms with Crippen molar-refractivity contribution in [3.05, 3.63) is 89.3 Å². The standard InChI is InChI=1S/C22H21N3O/c1-15-5-4-8-20(23-15)22-21-18(17-6-2-3-7-19(17)24-21)9-11-25(22)13-16-10-12-26-14-16/h2-8,10,12,14,22,24H,9,11,13H2,1H3. The van der Waals surface area contributed by atoms with E-state index in [9.17, 15) is 0 Å². The molecule has 0 spiro atoms. The maximum absolute atomic E-state index is 5.28. The van der Waals surface area contributed by atoms with Gasteiger partial charge in [-0.25, -0.2) is 0 Å². The largest absolute Gasteiger partial charge is 0.472 e. The minimum atomic E-state index is 0.126. The Morgan fingerprint density at radius 3 is 2.92 bits per heavy atom. The van der Waals surface area contributed by atoms with Gasteiger partial charge in [-0.05, 0) is 43.2 Å². The summed E-state index contributed by atoms with van der Waals surface area (Å²) in [5, 5.41) is 1.34. The molecule has 4 aromatic rings. The van der Waals surface area contributed by atoms with E-state index in [1.807, 2.05) is 12.3 Å². The molecule has 1 atom stereocenters. The normalized spacial score (nSPS) is 17.5. The topological polar surface area (TPSA) is 45.1 Å². The van der Waals surface area contributed by atoms with Crippen molar-refractivity contribution in [2.45, 2.75) is 25.9 Å². The van der Waals surface area contributed by atoms with Gasteiger partial charge in [0, 0.05) is 40.9 Å². The lowest BCUT2D eigenvalue weighted by Gasteiger charge is -2.35. The first-order chi connectivity index (χ1) is 12.8. The van der Waals surface area contributed by atoms with Crippen LogP contribution in [0.4, 0.5) is 0 Å². The molecule has 0 radical (unpaired) electrons. The highest BCUT2D eigenvalue weighted by atomic mass is 16.3. The fourth-order valence-electron chi connectivity index (χ4n) is 4.13. The summed E-state index contributed by atoms with van der Waals surface area (Å²) in [7, 11) is 0. The summed E-state index contributed by atoms with van der Waals surface area (Å²) in [5.41, 5.74) is 7.26. The molecule has 0 fully saturated rings. The Kier molecular flexibility index (Phi) is 3.64. The van der Waals surface area contributed by atoms with Crippen LogP contribution in [0.15, 0.2) is 65.5 Å². The maximum atomic E-state index is 5.28. The SMILES string of the molecule is Cc1cccc(C2c3[nH]c4ccccc4c3CCN2Cc2ccoc2)n1. The molecule has 4 heterocycles. The second-order valence-corrected chi connectivity index (χ2v) is 7.02. The van der Waals surface area contributed by atoms with E-state index in [1.165, 1.54) is 27.7 Å². The highest BCUT2D eigenvalue weighted by Gasteiger charge is 2.32. The zero-order valence-electron chi connectivity index (χ0n) is 14.8. The second-order valence-electron chi connectivity index (χ2n) is 7.02. The molecule has 1 aliphatic heterocycles. The Labute approximate surface area is 152 Å². The van der Waals surface area contributed by atoms with Crippen LogP contribution >= 0.6 is 0 Å². The molecule has 4 heteroatoms. The summed E-state index contributed by atoms with van der Waals surface area (Å²) in [6.45, 7) is 3.91. The Balaban J connectivity index is 1.65. The Morgan fingerprint density at radius 1 is 1.15 bits per heavy atom. The third-order valence-corrected chi connectivity index (χ3v) is 5.29. The van der Waals surface area contributed by atoms with Gasteiger partial charge in [-0.1, -0.05) is 24.3 Å². The molecular weight excluding hydrogens is 322 g/mol. The van der Waals surface area contributed by atoms with Crippen LogP contribution in [0.5, 0.6) is 0 Å². The second kappa shape index (κ2) is 6.15. The van der Waals surface area contributed by atoms with Crippen molar-refractivity contribution in [3.8, 4) is 0 Å². The minimum absolute atomic E-state index is 0.126. The molecule has 0 amide bonds. The lowest BCUT2D eigenvalue weighted by Crippen LogP contribution is -2.36. The number of hydrogen-bond acceptors (Lipinski definition) is 3. The van der Waals surface area contributed by atoms with Crippen LogP contribution in [-0.4, -0.2) is 21.4 Å². The number of para-hydroxylation sites is 1. The summed E-state index contributed by atoms with van der Waals surface area (Å²) in [4.78, 5) is 11.0. The Morgan fingerprint density at radius 2 is 2.08 bits per heavy atom. The molecule has 4 nitrogen and oxygen atoms in total. The molecule has 5 rings (SSSR count). The van der Waals surface area contributed by atoms with Gasteiger partial charge in [-0.2, -0.15) is 0 Å². The van der Waals surface area contributed by atoms with Gasteiger partial charge in [-0.15, -0.1) is 0 Å².